The summed E-state index contributed by atoms with van der Waals surface area (Å²) in [6, 6.07) is 0. The molecular formula is C38H68O7. The summed E-state index contributed by atoms with van der Waals surface area (Å²) in [5.41, 5.74) is 0. The Hall–Kier alpha value is -1.96. The van der Waals surface area contributed by atoms with Gasteiger partial charge in [-0.25, -0.2) is 0 Å². The van der Waals surface area contributed by atoms with Crippen LogP contribution in [0.1, 0.15) is 156 Å². The molecule has 0 saturated heterocycles. The Labute approximate surface area is 275 Å². The molecule has 0 radical (unpaired) electrons. The van der Waals surface area contributed by atoms with Crippen molar-refractivity contribution < 1.29 is 34.4 Å². The number of hydrogen-bond acceptors (Lipinski definition) is 7. The number of esters is 2. The second kappa shape index (κ2) is 32.0. The molecule has 0 amide bonds. The minimum absolute atomic E-state index is 0.0715. The second-order valence-electron chi connectivity index (χ2n) is 12.5. The van der Waals surface area contributed by atoms with Gasteiger partial charge in [0.15, 0.2) is 0 Å². The summed E-state index contributed by atoms with van der Waals surface area (Å²) in [7, 11) is 0. The van der Waals surface area contributed by atoms with Crippen LogP contribution in [0.2, 0.25) is 0 Å². The van der Waals surface area contributed by atoms with Gasteiger partial charge in [-0.15, -0.1) is 0 Å². The lowest BCUT2D eigenvalue weighted by molar-refractivity contribution is -0.152. The van der Waals surface area contributed by atoms with Crippen LogP contribution < -0.4 is 0 Å². The van der Waals surface area contributed by atoms with Crippen LogP contribution in [0.25, 0.3) is 0 Å². The van der Waals surface area contributed by atoms with Gasteiger partial charge >= 0.3 is 11.9 Å². The van der Waals surface area contributed by atoms with Crippen LogP contribution in [0.3, 0.4) is 0 Å². The van der Waals surface area contributed by atoms with Gasteiger partial charge < -0.3 is 24.8 Å². The van der Waals surface area contributed by atoms with Crippen molar-refractivity contribution in [2.24, 2.45) is 5.92 Å². The first-order chi connectivity index (χ1) is 21.8. The number of aliphatic hydroxyl groups excluding tert-OH is 3. The Bertz CT molecular complexity index is 776. The highest BCUT2D eigenvalue weighted by Gasteiger charge is 2.16. The molecular weight excluding hydrogens is 568 g/mol. The van der Waals surface area contributed by atoms with Crippen molar-refractivity contribution in [2.45, 2.75) is 174 Å². The first kappa shape index (κ1) is 43.0. The fourth-order valence-corrected chi connectivity index (χ4v) is 4.81. The van der Waals surface area contributed by atoms with Crippen LogP contribution in [0.15, 0.2) is 36.5 Å². The number of ether oxygens (including phenoxy) is 2. The molecule has 4 atom stereocenters. The molecule has 7 heteroatoms. The van der Waals surface area contributed by atoms with Gasteiger partial charge in [0.2, 0.25) is 0 Å². The van der Waals surface area contributed by atoms with Crippen LogP contribution in [0.5, 0.6) is 0 Å². The SMILES string of the molecule is CCCCC/C=C\C/C=C\C/C=C\CC(O)C(O)CCCC(=O)OC[C@@H](O)COC(=O)CCCCCCCCCCC(C)CC. The number of carbonyl (C=O) groups is 2. The van der Waals surface area contributed by atoms with Crippen molar-refractivity contribution >= 4 is 11.9 Å². The van der Waals surface area contributed by atoms with E-state index in [2.05, 4.69) is 45.1 Å². The van der Waals surface area contributed by atoms with E-state index in [1.807, 2.05) is 12.2 Å². The van der Waals surface area contributed by atoms with Gasteiger partial charge in [0.1, 0.15) is 19.3 Å². The molecule has 7 nitrogen and oxygen atoms in total. The van der Waals surface area contributed by atoms with Gasteiger partial charge in [-0.1, -0.05) is 128 Å². The Morgan fingerprint density at radius 2 is 1.13 bits per heavy atom. The van der Waals surface area contributed by atoms with Crippen LogP contribution in [0, 0.1) is 5.92 Å². The van der Waals surface area contributed by atoms with Crippen molar-refractivity contribution in [2.75, 3.05) is 13.2 Å². The summed E-state index contributed by atoms with van der Waals surface area (Å²) in [6.07, 6.45) is 29.5. The molecule has 0 aromatic heterocycles. The molecule has 0 aromatic carbocycles. The molecule has 3 unspecified atom stereocenters. The standard InChI is InChI=1S/C38H68O7/c1-4-6-7-8-9-10-11-12-13-17-20-23-27-35(40)36(41)28-25-30-38(43)45-32-34(39)31-44-37(42)29-24-21-18-15-14-16-19-22-26-33(3)5-2/h9-10,12-13,20,23,33-36,39-41H,4-8,11,14-19,21-22,24-32H2,1-3H3/b10-9-,13-12-,23-20-/t33?,34-,35?,36?/m0/s1. The molecule has 0 aliphatic heterocycles. The minimum atomic E-state index is -1.07. The maximum atomic E-state index is 12.0. The average molecular weight is 637 g/mol. The molecule has 0 fully saturated rings. The predicted octanol–water partition coefficient (Wildman–Crippen LogP) is 8.69. The van der Waals surface area contributed by atoms with Crippen LogP contribution in [-0.4, -0.2) is 58.8 Å². The molecule has 0 rings (SSSR count). The van der Waals surface area contributed by atoms with E-state index in [0.29, 0.717) is 19.3 Å². The fraction of sp³-hybridized carbons (Fsp3) is 0.789. The van der Waals surface area contributed by atoms with E-state index in [4.69, 9.17) is 9.47 Å². The largest absolute Gasteiger partial charge is 0.463 e. The summed E-state index contributed by atoms with van der Waals surface area (Å²) in [4.78, 5) is 23.9. The number of aliphatic hydroxyl groups is 3. The van der Waals surface area contributed by atoms with Crippen LogP contribution in [-0.2, 0) is 19.1 Å². The summed E-state index contributed by atoms with van der Waals surface area (Å²) < 4.78 is 10.2. The van der Waals surface area contributed by atoms with Crippen molar-refractivity contribution in [3.63, 3.8) is 0 Å². The molecule has 0 aliphatic rings. The zero-order chi connectivity index (χ0) is 33.4. The quantitative estimate of drug-likeness (QED) is 0.0396. The molecule has 45 heavy (non-hydrogen) atoms. The molecule has 0 heterocycles. The highest BCUT2D eigenvalue weighted by Crippen LogP contribution is 2.15. The van der Waals surface area contributed by atoms with E-state index in [1.54, 1.807) is 0 Å². The van der Waals surface area contributed by atoms with Crippen molar-refractivity contribution in [3.05, 3.63) is 36.5 Å². The third kappa shape index (κ3) is 30.5. The maximum Gasteiger partial charge on any atom is 0.305 e. The summed E-state index contributed by atoms with van der Waals surface area (Å²) >= 11 is 0. The molecule has 0 aromatic rings. The second-order valence-corrected chi connectivity index (χ2v) is 12.5. The predicted molar refractivity (Wildman–Crippen MR) is 185 cm³/mol. The van der Waals surface area contributed by atoms with Crippen LogP contribution >= 0.6 is 0 Å². The monoisotopic (exact) mass is 636 g/mol. The first-order valence-electron chi connectivity index (χ1n) is 18.1. The molecule has 0 bridgehead atoms. The van der Waals surface area contributed by atoms with E-state index in [9.17, 15) is 24.9 Å². The number of carbonyl (C=O) groups excluding carboxylic acids is 2. The van der Waals surface area contributed by atoms with Crippen molar-refractivity contribution in [3.8, 4) is 0 Å². The topological polar surface area (TPSA) is 113 Å². The van der Waals surface area contributed by atoms with Gasteiger partial charge in [0.05, 0.1) is 12.2 Å². The first-order valence-corrected chi connectivity index (χ1v) is 18.1. The van der Waals surface area contributed by atoms with Gasteiger partial charge in [0.25, 0.3) is 0 Å². The zero-order valence-electron chi connectivity index (χ0n) is 29.0. The Balaban J connectivity index is 3.74. The van der Waals surface area contributed by atoms with Crippen molar-refractivity contribution in [1.29, 1.82) is 0 Å². The van der Waals surface area contributed by atoms with E-state index >= 15 is 0 Å². The number of unbranched alkanes of at least 4 members (excludes halogenated alkanes) is 10. The lowest BCUT2D eigenvalue weighted by Crippen LogP contribution is -2.26. The maximum absolute atomic E-state index is 12.0. The molecule has 262 valence electrons. The molecule has 0 aliphatic carbocycles. The zero-order valence-corrected chi connectivity index (χ0v) is 29.0. The van der Waals surface area contributed by atoms with Gasteiger partial charge in [-0.05, 0) is 57.3 Å². The lowest BCUT2D eigenvalue weighted by atomic mass is 9.99. The molecule has 0 spiro atoms. The highest BCUT2D eigenvalue weighted by molar-refractivity contribution is 5.69. The van der Waals surface area contributed by atoms with Crippen LogP contribution in [0.4, 0.5) is 0 Å². The average Bonchev–Trinajstić information content (AvgIpc) is 3.03. The third-order valence-corrected chi connectivity index (χ3v) is 8.12. The van der Waals surface area contributed by atoms with Gasteiger partial charge in [0, 0.05) is 12.8 Å². The van der Waals surface area contributed by atoms with E-state index < -0.39 is 24.3 Å². The van der Waals surface area contributed by atoms with Gasteiger partial charge in [-0.3, -0.25) is 9.59 Å². The van der Waals surface area contributed by atoms with Crippen molar-refractivity contribution in [1.82, 2.24) is 0 Å². The molecule has 3 N–H and O–H groups in total. The Morgan fingerprint density at radius 3 is 1.73 bits per heavy atom. The Kier molecular flexibility index (Phi) is 30.6. The number of rotatable bonds is 31. The normalized spacial score (nSPS) is 14.7. The summed E-state index contributed by atoms with van der Waals surface area (Å²) in [5, 5.41) is 30.3. The molecule has 0 saturated carbocycles. The smallest absolute Gasteiger partial charge is 0.305 e. The number of hydrogen-bond donors (Lipinski definition) is 3. The van der Waals surface area contributed by atoms with Gasteiger partial charge in [-0.2, -0.15) is 0 Å². The Morgan fingerprint density at radius 1 is 0.600 bits per heavy atom. The lowest BCUT2D eigenvalue weighted by Gasteiger charge is -2.16. The van der Waals surface area contributed by atoms with E-state index in [1.165, 1.54) is 64.2 Å². The summed E-state index contributed by atoms with van der Waals surface area (Å²) in [6.45, 7) is 6.33. The third-order valence-electron chi connectivity index (χ3n) is 8.12. The number of allylic oxidation sites excluding steroid dienone is 5. The van der Waals surface area contributed by atoms with E-state index in [0.717, 1.165) is 44.4 Å². The highest BCUT2D eigenvalue weighted by atomic mass is 16.6. The fourth-order valence-electron chi connectivity index (χ4n) is 4.81. The minimum Gasteiger partial charge on any atom is -0.463 e. The summed E-state index contributed by atoms with van der Waals surface area (Å²) in [5.74, 6) is -0.00201. The van der Waals surface area contributed by atoms with E-state index in [-0.39, 0.29) is 32.0 Å².